The van der Waals surface area contributed by atoms with Gasteiger partial charge in [0.15, 0.2) is 17.3 Å². The summed E-state index contributed by atoms with van der Waals surface area (Å²) in [5.74, 6) is -6.70. The van der Waals surface area contributed by atoms with Crippen molar-refractivity contribution in [3.8, 4) is 45.5 Å². The highest BCUT2D eigenvalue weighted by atomic mass is 32.2. The van der Waals surface area contributed by atoms with Crippen molar-refractivity contribution < 1.29 is 62.3 Å². The quantitative estimate of drug-likeness (QED) is 0.0592. The smallest absolute Gasteiger partial charge is 0.326 e. The van der Waals surface area contributed by atoms with Crippen molar-refractivity contribution in [3.05, 3.63) is 76.0 Å². The number of phenolic OH excluding ortho intramolecular Hbond substituents is 2. The summed E-state index contributed by atoms with van der Waals surface area (Å²) in [6, 6.07) is 3.75. The maximum atomic E-state index is 14.9. The number of hydrogen-bond acceptors (Lipinski definition) is 17. The fourth-order valence-electron chi connectivity index (χ4n) is 8.53. The first-order valence-electron chi connectivity index (χ1n) is 22.9. The number of likely N-dealkylation sites (N-methyl/N-ethyl adjacent to an activating group) is 1. The number of carbonyl (C=O) groups excluding carboxylic acids is 4. The molecule has 0 radical (unpaired) electrons. The molecule has 0 spiro atoms. The van der Waals surface area contributed by atoms with Crippen molar-refractivity contribution in [2.45, 2.75) is 89.1 Å². The van der Waals surface area contributed by atoms with Crippen LogP contribution in [0.15, 0.2) is 42.5 Å². The summed E-state index contributed by atoms with van der Waals surface area (Å²) in [5.41, 5.74) is 19.8. The van der Waals surface area contributed by atoms with Crippen LogP contribution in [0.2, 0.25) is 0 Å². The number of hydrogen-bond donors (Lipinski definition) is 12. The molecule has 3 aromatic carbocycles. The molecule has 2 heterocycles. The Balaban J connectivity index is 1.46. The van der Waals surface area contributed by atoms with Crippen LogP contribution in [-0.2, 0) is 47.6 Å². The molecule has 0 unspecified atom stereocenters. The Kier molecular flexibility index (Phi) is 16.6. The molecule has 0 fully saturated rings. The van der Waals surface area contributed by atoms with E-state index in [1.54, 1.807) is 12.1 Å². The lowest BCUT2D eigenvalue weighted by molar-refractivity contribution is -0.143. The Morgan fingerprint density at radius 1 is 0.986 bits per heavy atom. The highest BCUT2D eigenvalue weighted by Crippen LogP contribution is 2.46. The van der Waals surface area contributed by atoms with Gasteiger partial charge >= 0.3 is 5.97 Å². The number of aromatic hydroxyl groups is 2. The molecular weight excluding hydrogens is 959 g/mol. The molecule has 16 N–H and O–H groups in total. The van der Waals surface area contributed by atoms with E-state index in [9.17, 15) is 52.8 Å². The average molecular weight is 1020 g/mol. The Labute approximate surface area is 415 Å². The summed E-state index contributed by atoms with van der Waals surface area (Å²) in [5, 5.41) is 56.1. The number of rotatable bonds is 17. The van der Waals surface area contributed by atoms with Gasteiger partial charge in [-0.2, -0.15) is 13.1 Å². The van der Waals surface area contributed by atoms with Gasteiger partial charge in [-0.05, 0) is 104 Å². The number of nitrogens with one attached hydrogen (secondary N) is 4. The third-order valence-corrected chi connectivity index (χ3v) is 13.1. The summed E-state index contributed by atoms with van der Waals surface area (Å²) in [6.07, 6.45) is 0.489. The zero-order chi connectivity index (χ0) is 53.0. The molecule has 6 rings (SSSR count). The zero-order valence-corrected chi connectivity index (χ0v) is 41.1. The number of phenols is 2. The molecule has 1 aromatic heterocycles. The number of anilines is 1. The lowest BCUT2D eigenvalue weighted by Crippen LogP contribution is -2.57. The van der Waals surface area contributed by atoms with Gasteiger partial charge in [0.2, 0.25) is 17.7 Å². The molecule has 388 valence electrons. The summed E-state index contributed by atoms with van der Waals surface area (Å²) >= 11 is 0. The molecule has 2 aliphatic rings. The molecule has 0 saturated carbocycles. The van der Waals surface area contributed by atoms with Crippen LogP contribution in [0.4, 0.5) is 5.82 Å². The number of aliphatic hydroxyl groups is 1. The van der Waals surface area contributed by atoms with Crippen molar-refractivity contribution in [2.75, 3.05) is 45.6 Å². The van der Waals surface area contributed by atoms with Gasteiger partial charge in [0.25, 0.3) is 16.1 Å². The van der Waals surface area contributed by atoms with Gasteiger partial charge in [-0.25, -0.2) is 19.9 Å². The number of nitrogens with two attached hydrogens (primary N) is 4. The largest absolute Gasteiger partial charge is 0.507 e. The predicted octanol–water partition coefficient (Wildman–Crippen LogP) is -0.516. The van der Waals surface area contributed by atoms with E-state index >= 15 is 0 Å². The maximum absolute atomic E-state index is 14.9. The van der Waals surface area contributed by atoms with Gasteiger partial charge in [-0.1, -0.05) is 19.9 Å². The molecule has 5 atom stereocenters. The van der Waals surface area contributed by atoms with E-state index in [-0.39, 0.29) is 101 Å². The highest BCUT2D eigenvalue weighted by molar-refractivity contribution is 7.87. The molecule has 1 aliphatic heterocycles. The summed E-state index contributed by atoms with van der Waals surface area (Å²) in [6.45, 7) is 5.60. The van der Waals surface area contributed by atoms with Crippen molar-refractivity contribution >= 4 is 45.6 Å². The fourth-order valence-corrected chi connectivity index (χ4v) is 8.93. The molecule has 0 saturated heterocycles. The number of ether oxygens (including phenoxy) is 2. The number of nitrogens with zero attached hydrogens (tertiary/aromatic N) is 3. The van der Waals surface area contributed by atoms with Gasteiger partial charge in [0, 0.05) is 37.7 Å². The number of carbonyl (C=O) groups is 5. The van der Waals surface area contributed by atoms with Gasteiger partial charge in [0.1, 0.15) is 59.8 Å². The minimum absolute atomic E-state index is 0.00856. The molecule has 4 bridgehead atoms. The van der Waals surface area contributed by atoms with E-state index in [1.165, 1.54) is 44.2 Å². The second-order valence-corrected chi connectivity index (χ2v) is 19.7. The van der Waals surface area contributed by atoms with Crippen LogP contribution >= 0.6 is 0 Å². The van der Waals surface area contributed by atoms with Gasteiger partial charge in [-0.15, -0.1) is 0 Å². The fraction of sp³-hybridized carbons (Fsp3) is 0.426. The highest BCUT2D eigenvalue weighted by Gasteiger charge is 2.38. The van der Waals surface area contributed by atoms with Crippen molar-refractivity contribution in [1.82, 2.24) is 35.5 Å². The molecule has 24 nitrogen and oxygen atoms in total. The minimum atomic E-state index is -4.55. The van der Waals surface area contributed by atoms with E-state index in [0.29, 0.717) is 12.0 Å². The molecule has 4 amide bonds. The first-order chi connectivity index (χ1) is 33.8. The number of aliphatic hydroxyl groups excluding tert-OH is 1. The van der Waals surface area contributed by atoms with Gasteiger partial charge in [0.05, 0.1) is 17.9 Å². The third-order valence-electron chi connectivity index (χ3n) is 12.5. The number of aliphatic carboxylic acids is 1. The second kappa shape index (κ2) is 22.1. The number of carboxylic acid groups (broad SMARTS) is 1. The summed E-state index contributed by atoms with van der Waals surface area (Å²) in [7, 11) is -3.40. The Bertz CT molecular complexity index is 2860. The van der Waals surface area contributed by atoms with E-state index in [0.717, 1.165) is 35.9 Å². The zero-order valence-electron chi connectivity index (χ0n) is 40.3. The van der Waals surface area contributed by atoms with Crippen LogP contribution in [0.25, 0.3) is 22.5 Å². The normalized spacial score (nSPS) is 18.4. The first kappa shape index (κ1) is 54.2. The Hall–Kier alpha value is -7.16. The SMILES string of the molecule is Cc1nc(-c2cc3c(cc2O)C(C)(C)CC3)nc(N)c1C(=O)N[C@@H](CNS(N)(=O)=O)C(=O)N(C)[C@@H]1C(=O)N[C@@H](C)C(=O)N[C@H](C(=O)O)Cc2ccc(OC[C@H](O)CN)c(c2)-c2cc1cc(OCCCN)c2O. The van der Waals surface area contributed by atoms with E-state index in [1.807, 2.05) is 4.72 Å². The molecule has 72 heavy (non-hydrogen) atoms. The van der Waals surface area contributed by atoms with E-state index in [4.69, 9.17) is 31.8 Å². The topological polar surface area (TPSA) is 400 Å². The summed E-state index contributed by atoms with van der Waals surface area (Å²) < 4.78 is 38.5. The first-order valence-corrected chi connectivity index (χ1v) is 24.4. The number of aryl methyl sites for hydroxylation is 2. The van der Waals surface area contributed by atoms with E-state index < -0.39 is 82.4 Å². The Morgan fingerprint density at radius 2 is 1.71 bits per heavy atom. The van der Waals surface area contributed by atoms with Crippen LogP contribution in [0.3, 0.4) is 0 Å². The van der Waals surface area contributed by atoms with Crippen molar-refractivity contribution in [3.63, 3.8) is 0 Å². The molecule has 4 aromatic rings. The van der Waals surface area contributed by atoms with Crippen LogP contribution in [0, 0.1) is 6.92 Å². The van der Waals surface area contributed by atoms with Crippen LogP contribution in [0.5, 0.6) is 23.0 Å². The maximum Gasteiger partial charge on any atom is 0.326 e. The van der Waals surface area contributed by atoms with Crippen LogP contribution < -0.4 is 52.5 Å². The third kappa shape index (κ3) is 12.3. The van der Waals surface area contributed by atoms with Crippen molar-refractivity contribution in [1.29, 1.82) is 0 Å². The van der Waals surface area contributed by atoms with Crippen LogP contribution in [0.1, 0.15) is 78.0 Å². The lowest BCUT2D eigenvalue weighted by Gasteiger charge is -2.33. The average Bonchev–Trinajstić information content (AvgIpc) is 3.60. The second-order valence-electron chi connectivity index (χ2n) is 18.3. The number of aromatic nitrogens is 2. The molecular formula is C47H61N11O13S. The van der Waals surface area contributed by atoms with Gasteiger partial charge in [-0.3, -0.25) is 19.2 Å². The number of carboxylic acids is 1. The van der Waals surface area contributed by atoms with Crippen molar-refractivity contribution in [2.24, 2.45) is 16.6 Å². The Morgan fingerprint density at radius 3 is 2.36 bits per heavy atom. The minimum Gasteiger partial charge on any atom is -0.507 e. The predicted molar refractivity (Wildman–Crippen MR) is 262 cm³/mol. The van der Waals surface area contributed by atoms with Gasteiger partial charge < -0.3 is 68.0 Å². The molecule has 25 heteroatoms. The number of amides is 4. The van der Waals surface area contributed by atoms with E-state index in [2.05, 4.69) is 39.8 Å². The number of fused-ring (bicyclic) bond motifs is 6. The van der Waals surface area contributed by atoms with Crippen LogP contribution in [-0.4, -0.2) is 137 Å². The number of nitrogen functional groups attached to an aromatic ring is 1. The standard InChI is InChI=1S/C47H61N11O13S/c1-22-37(40(50)57-41(53-22)30-15-25-9-10-47(3,4)31(25)18-34(30)60)43(63)56-33(20-52-72(51,68)69)45(65)58(5)38-26-16-29(39(61)36(17-26)70-12-6-11-48)28-13-24(7-8-35(28)71-21-27(59)19-49)14-32(46(66)67)55-42(62)23(2)54-44(38)64/h7-8,13,15-18,23,27,32-33,38,52,59-61H,6,9-12,14,19-21,48-49H2,1-5H3,(H,54,64)(H,55,62)(H,56,63)(H,66,67)(H2,50,53,57)(H2,51,68,69)/t23-,27+,32-,33-,38-/m0/s1. The monoisotopic (exact) mass is 1020 g/mol. The number of benzene rings is 3. The summed E-state index contributed by atoms with van der Waals surface area (Å²) in [4.78, 5) is 79.5. The lowest BCUT2D eigenvalue weighted by atomic mass is 9.86. The molecule has 1 aliphatic carbocycles.